The zero-order valence-electron chi connectivity index (χ0n) is 8.55. The molecule has 4 heteroatoms. The zero-order valence-corrected chi connectivity index (χ0v) is 10.1. The van der Waals surface area contributed by atoms with Crippen molar-refractivity contribution in [1.82, 2.24) is 0 Å². The molecule has 15 heavy (non-hydrogen) atoms. The van der Waals surface area contributed by atoms with Gasteiger partial charge in [-0.15, -0.1) is 0 Å². The number of benzene rings is 1. The van der Waals surface area contributed by atoms with Crippen LogP contribution in [0.3, 0.4) is 0 Å². The van der Waals surface area contributed by atoms with Crippen molar-refractivity contribution < 1.29 is 14.3 Å². The van der Waals surface area contributed by atoms with Gasteiger partial charge in [0.1, 0.15) is 5.82 Å². The fourth-order valence-electron chi connectivity index (χ4n) is 1.26. The summed E-state index contributed by atoms with van der Waals surface area (Å²) < 4.78 is 13.6. The second-order valence-corrected chi connectivity index (χ2v) is 4.44. The number of alkyl halides is 1. The van der Waals surface area contributed by atoms with Crippen molar-refractivity contribution in [1.29, 1.82) is 0 Å². The average Bonchev–Trinajstić information content (AvgIpc) is 2.16. The highest BCUT2D eigenvalue weighted by Gasteiger charge is 2.32. The summed E-state index contributed by atoms with van der Waals surface area (Å²) in [5, 5.41) is 9.52. The molecule has 0 saturated heterocycles. The highest BCUT2D eigenvalue weighted by molar-refractivity contribution is 9.08. The van der Waals surface area contributed by atoms with Crippen LogP contribution in [-0.4, -0.2) is 11.1 Å². The maximum atomic E-state index is 13.6. The number of aliphatic carboxylic acids is 1. The minimum absolute atomic E-state index is 0.208. The van der Waals surface area contributed by atoms with E-state index in [-0.39, 0.29) is 5.56 Å². The van der Waals surface area contributed by atoms with Gasteiger partial charge in [0.05, 0.1) is 5.41 Å². The molecule has 2 nitrogen and oxygen atoms in total. The third-order valence-corrected chi connectivity index (χ3v) is 3.04. The molecule has 0 unspecified atom stereocenters. The number of carbonyl (C=O) groups is 1. The zero-order chi connectivity index (χ0) is 11.6. The molecule has 1 N–H and O–H groups in total. The van der Waals surface area contributed by atoms with E-state index >= 15 is 0 Å². The highest BCUT2D eigenvalue weighted by atomic mass is 79.9. The molecule has 0 aliphatic carbocycles. The predicted molar refractivity (Wildman–Crippen MR) is 59.7 cm³/mol. The molecular weight excluding hydrogens is 263 g/mol. The summed E-state index contributed by atoms with van der Waals surface area (Å²) in [5.41, 5.74) is -0.202. The largest absolute Gasteiger partial charge is 0.481 e. The topological polar surface area (TPSA) is 37.3 Å². The van der Waals surface area contributed by atoms with Gasteiger partial charge in [0.15, 0.2) is 0 Å². The Hall–Kier alpha value is -0.900. The molecule has 0 heterocycles. The van der Waals surface area contributed by atoms with Crippen molar-refractivity contribution in [3.63, 3.8) is 0 Å². The number of carboxylic acids is 1. The molecule has 0 bridgehead atoms. The molecule has 82 valence electrons. The lowest BCUT2D eigenvalue weighted by atomic mass is 9.84. The molecule has 0 aromatic heterocycles. The van der Waals surface area contributed by atoms with E-state index in [1.807, 2.05) is 0 Å². The Balaban J connectivity index is 3.22. The van der Waals surface area contributed by atoms with Gasteiger partial charge < -0.3 is 5.11 Å². The van der Waals surface area contributed by atoms with Crippen LogP contribution in [0.4, 0.5) is 4.39 Å². The fourth-order valence-corrected chi connectivity index (χ4v) is 1.61. The second-order valence-electron chi connectivity index (χ2n) is 3.88. The van der Waals surface area contributed by atoms with Gasteiger partial charge in [-0.2, -0.15) is 0 Å². The summed E-state index contributed by atoms with van der Waals surface area (Å²) in [5.74, 6) is -1.51. The smallest absolute Gasteiger partial charge is 0.313 e. The normalized spacial score (nSPS) is 11.5. The van der Waals surface area contributed by atoms with Crippen LogP contribution in [0, 0.1) is 5.82 Å². The van der Waals surface area contributed by atoms with E-state index in [1.54, 1.807) is 6.07 Å². The van der Waals surface area contributed by atoms with Crippen LogP contribution in [0.25, 0.3) is 0 Å². The predicted octanol–water partition coefficient (Wildman–Crippen LogP) is 3.08. The molecule has 0 saturated carbocycles. The summed E-state index contributed by atoms with van der Waals surface area (Å²) >= 11 is 3.21. The number of rotatable bonds is 3. The van der Waals surface area contributed by atoms with Crippen LogP contribution >= 0.6 is 15.9 Å². The molecule has 0 aliphatic heterocycles. The van der Waals surface area contributed by atoms with E-state index in [4.69, 9.17) is 5.11 Å². The maximum Gasteiger partial charge on any atom is 0.313 e. The molecule has 0 amide bonds. The quantitative estimate of drug-likeness (QED) is 0.861. The van der Waals surface area contributed by atoms with Gasteiger partial charge in [-0.05, 0) is 25.5 Å². The molecule has 0 spiro atoms. The molecule has 1 aromatic rings. The first-order chi connectivity index (χ1) is 6.89. The second kappa shape index (κ2) is 4.31. The monoisotopic (exact) mass is 274 g/mol. The highest BCUT2D eigenvalue weighted by Crippen LogP contribution is 2.27. The minimum atomic E-state index is -1.20. The Morgan fingerprint density at radius 2 is 2.13 bits per heavy atom. The summed E-state index contributed by atoms with van der Waals surface area (Å²) in [7, 11) is 0. The number of hydrogen-bond acceptors (Lipinski definition) is 1. The molecule has 0 radical (unpaired) electrons. The summed E-state index contributed by atoms with van der Waals surface area (Å²) in [6.07, 6.45) is 0. The van der Waals surface area contributed by atoms with Gasteiger partial charge in [-0.3, -0.25) is 4.79 Å². The molecule has 0 fully saturated rings. The average molecular weight is 275 g/mol. The van der Waals surface area contributed by atoms with Crippen molar-refractivity contribution >= 4 is 21.9 Å². The van der Waals surface area contributed by atoms with Crippen LogP contribution < -0.4 is 0 Å². The van der Waals surface area contributed by atoms with Gasteiger partial charge >= 0.3 is 5.97 Å². The Bertz CT molecular complexity index is 388. The molecule has 1 aromatic carbocycles. The number of hydrogen-bond donors (Lipinski definition) is 1. The van der Waals surface area contributed by atoms with E-state index in [2.05, 4.69) is 15.9 Å². The van der Waals surface area contributed by atoms with Crippen molar-refractivity contribution in [3.8, 4) is 0 Å². The lowest BCUT2D eigenvalue weighted by Gasteiger charge is -2.20. The van der Waals surface area contributed by atoms with Crippen LogP contribution in [-0.2, 0) is 15.5 Å². The van der Waals surface area contributed by atoms with E-state index in [0.29, 0.717) is 5.33 Å². The van der Waals surface area contributed by atoms with Crippen LogP contribution in [0.15, 0.2) is 18.2 Å². The lowest BCUT2D eigenvalue weighted by Crippen LogP contribution is -2.29. The first-order valence-corrected chi connectivity index (χ1v) is 5.60. The first kappa shape index (κ1) is 12.2. The van der Waals surface area contributed by atoms with Crippen LogP contribution in [0.1, 0.15) is 25.0 Å². The van der Waals surface area contributed by atoms with E-state index < -0.39 is 17.2 Å². The van der Waals surface area contributed by atoms with E-state index in [1.165, 1.54) is 26.0 Å². The maximum absolute atomic E-state index is 13.6. The third kappa shape index (κ3) is 2.37. The first-order valence-electron chi connectivity index (χ1n) is 4.48. The van der Waals surface area contributed by atoms with Crippen LogP contribution in [0.2, 0.25) is 0 Å². The Kier molecular flexibility index (Phi) is 3.50. The molecule has 0 aliphatic rings. The minimum Gasteiger partial charge on any atom is -0.481 e. The molecule has 1 rings (SSSR count). The van der Waals surface area contributed by atoms with Gasteiger partial charge in [0.25, 0.3) is 0 Å². The standard InChI is InChI=1S/C11H12BrFO2/c1-11(2,10(14)15)8-4-3-7(6-12)5-9(8)13/h3-5H,6H2,1-2H3,(H,14,15). The fraction of sp³-hybridized carbons (Fsp3) is 0.364. The van der Waals surface area contributed by atoms with Gasteiger partial charge in [-0.1, -0.05) is 28.1 Å². The van der Waals surface area contributed by atoms with Gasteiger partial charge in [0, 0.05) is 10.9 Å². The Morgan fingerprint density at radius 3 is 2.53 bits per heavy atom. The lowest BCUT2D eigenvalue weighted by molar-refractivity contribution is -0.142. The van der Waals surface area contributed by atoms with Gasteiger partial charge in [0.2, 0.25) is 0 Å². The number of halogens is 2. The molecule has 0 atom stereocenters. The SMILES string of the molecule is CC(C)(C(=O)O)c1ccc(CBr)cc1F. The Labute approximate surface area is 96.2 Å². The number of carboxylic acid groups (broad SMARTS) is 1. The molecular formula is C11H12BrFO2. The van der Waals surface area contributed by atoms with Crippen LogP contribution in [0.5, 0.6) is 0 Å². The van der Waals surface area contributed by atoms with Crippen molar-refractivity contribution in [2.75, 3.05) is 0 Å². The Morgan fingerprint density at radius 1 is 1.53 bits per heavy atom. The van der Waals surface area contributed by atoms with E-state index in [0.717, 1.165) is 5.56 Å². The van der Waals surface area contributed by atoms with Crippen molar-refractivity contribution in [3.05, 3.63) is 35.1 Å². The summed E-state index contributed by atoms with van der Waals surface area (Å²) in [4.78, 5) is 11.0. The van der Waals surface area contributed by atoms with Crippen molar-refractivity contribution in [2.24, 2.45) is 0 Å². The van der Waals surface area contributed by atoms with Crippen molar-refractivity contribution in [2.45, 2.75) is 24.6 Å². The third-order valence-electron chi connectivity index (χ3n) is 2.40. The summed E-state index contributed by atoms with van der Waals surface area (Å²) in [6, 6.07) is 4.60. The summed E-state index contributed by atoms with van der Waals surface area (Å²) in [6.45, 7) is 2.98. The van der Waals surface area contributed by atoms with Gasteiger partial charge in [-0.25, -0.2) is 4.39 Å². The van der Waals surface area contributed by atoms with E-state index in [9.17, 15) is 9.18 Å².